The van der Waals surface area contributed by atoms with Crippen LogP contribution in [0.1, 0.15) is 6.42 Å². The van der Waals surface area contributed by atoms with Gasteiger partial charge in [0.05, 0.1) is 6.42 Å². The molecule has 1 aromatic rings. The molecule has 5 nitrogen and oxygen atoms in total. The van der Waals surface area contributed by atoms with Crippen molar-refractivity contribution in [2.24, 2.45) is 0 Å². The van der Waals surface area contributed by atoms with Crippen LogP contribution in [0.2, 0.25) is 0 Å². The van der Waals surface area contributed by atoms with Gasteiger partial charge >= 0.3 is 5.97 Å². The number of carboxylic acid groups (broad SMARTS) is 1. The highest BCUT2D eigenvalue weighted by molar-refractivity contribution is 7.80. The Kier molecular flexibility index (Phi) is 3.06. The van der Waals surface area contributed by atoms with E-state index in [0.717, 1.165) is 0 Å². The summed E-state index contributed by atoms with van der Waals surface area (Å²) in [5.74, 6) is -1.41. The summed E-state index contributed by atoms with van der Waals surface area (Å²) in [4.78, 5) is 23.9. The van der Waals surface area contributed by atoms with Gasteiger partial charge in [-0.25, -0.2) is 0 Å². The molecule has 2 rings (SSSR count). The number of carboxylic acids is 1. The Bertz CT molecular complexity index is 475. The largest absolute Gasteiger partial charge is 0.481 e. The van der Waals surface area contributed by atoms with E-state index < -0.39 is 12.0 Å². The second-order valence-electron chi connectivity index (χ2n) is 3.61. The number of carbonyl (C=O) groups is 2. The first-order chi connectivity index (χ1) is 8.09. The number of nitrogens with one attached hydrogen (secondary N) is 1. The van der Waals surface area contributed by atoms with E-state index in [1.807, 2.05) is 6.07 Å². The van der Waals surface area contributed by atoms with Crippen molar-refractivity contribution >= 4 is 34.9 Å². The normalized spacial score (nSPS) is 19.3. The SMILES string of the molecule is O=C(O)C[C@H]1C(=O)NC(=S)N1c1ccccc1. The summed E-state index contributed by atoms with van der Waals surface area (Å²) in [5.41, 5.74) is 0.710. The lowest BCUT2D eigenvalue weighted by atomic mass is 10.1. The van der Waals surface area contributed by atoms with Gasteiger partial charge in [-0.05, 0) is 24.4 Å². The topological polar surface area (TPSA) is 69.6 Å². The highest BCUT2D eigenvalue weighted by Gasteiger charge is 2.38. The maximum atomic E-state index is 11.6. The number of benzene rings is 1. The van der Waals surface area contributed by atoms with E-state index in [1.165, 1.54) is 4.90 Å². The molecule has 0 aromatic heterocycles. The summed E-state index contributed by atoms with van der Waals surface area (Å²) < 4.78 is 0. The molecule has 17 heavy (non-hydrogen) atoms. The molecule has 0 aliphatic carbocycles. The molecule has 0 unspecified atom stereocenters. The fraction of sp³-hybridized carbons (Fsp3) is 0.182. The molecule has 1 saturated heterocycles. The molecule has 1 fully saturated rings. The van der Waals surface area contributed by atoms with Gasteiger partial charge in [-0.2, -0.15) is 0 Å². The molecule has 0 bridgehead atoms. The molecule has 1 amide bonds. The first-order valence-electron chi connectivity index (χ1n) is 5.00. The summed E-state index contributed by atoms with van der Waals surface area (Å²) in [7, 11) is 0. The van der Waals surface area contributed by atoms with E-state index in [1.54, 1.807) is 24.3 Å². The average molecular weight is 250 g/mol. The zero-order valence-corrected chi connectivity index (χ0v) is 9.61. The van der Waals surface area contributed by atoms with Gasteiger partial charge in [-0.1, -0.05) is 18.2 Å². The molecule has 1 aromatic carbocycles. The van der Waals surface area contributed by atoms with Gasteiger partial charge in [0.1, 0.15) is 6.04 Å². The summed E-state index contributed by atoms with van der Waals surface area (Å²) in [5, 5.41) is 11.5. The monoisotopic (exact) mass is 250 g/mol. The number of nitrogens with zero attached hydrogens (tertiary/aromatic N) is 1. The third-order valence-corrected chi connectivity index (χ3v) is 2.76. The number of para-hydroxylation sites is 1. The molecule has 1 atom stereocenters. The van der Waals surface area contributed by atoms with E-state index in [9.17, 15) is 9.59 Å². The molecule has 0 radical (unpaired) electrons. The Balaban J connectivity index is 2.32. The van der Waals surface area contributed by atoms with Crippen LogP contribution < -0.4 is 10.2 Å². The molecule has 2 N–H and O–H groups in total. The van der Waals surface area contributed by atoms with E-state index in [0.29, 0.717) is 5.69 Å². The van der Waals surface area contributed by atoms with E-state index >= 15 is 0 Å². The lowest BCUT2D eigenvalue weighted by Crippen LogP contribution is -2.36. The van der Waals surface area contributed by atoms with Crippen molar-refractivity contribution in [3.05, 3.63) is 30.3 Å². The van der Waals surface area contributed by atoms with E-state index in [2.05, 4.69) is 5.32 Å². The lowest BCUT2D eigenvalue weighted by Gasteiger charge is -2.22. The van der Waals surface area contributed by atoms with Crippen LogP contribution in [0.15, 0.2) is 30.3 Å². The fourth-order valence-electron chi connectivity index (χ4n) is 1.74. The number of thiocarbonyl (C=S) groups is 1. The Morgan fingerprint density at radius 2 is 2.06 bits per heavy atom. The Hall–Kier alpha value is -1.95. The summed E-state index contributed by atoms with van der Waals surface area (Å²) in [6.45, 7) is 0. The number of amides is 1. The maximum absolute atomic E-state index is 11.6. The zero-order valence-electron chi connectivity index (χ0n) is 8.79. The molecule has 0 saturated carbocycles. The van der Waals surface area contributed by atoms with Crippen LogP contribution in [0, 0.1) is 0 Å². The predicted molar refractivity (Wildman–Crippen MR) is 65.7 cm³/mol. The highest BCUT2D eigenvalue weighted by atomic mass is 32.1. The third kappa shape index (κ3) is 2.26. The maximum Gasteiger partial charge on any atom is 0.306 e. The van der Waals surface area contributed by atoms with Crippen LogP contribution in [0.3, 0.4) is 0 Å². The standard InChI is InChI=1S/C11H10N2O3S/c14-9(15)6-8-10(16)12-11(17)13(8)7-4-2-1-3-5-7/h1-5,8H,6H2,(H,14,15)(H,12,16,17)/t8-/m0/s1. The number of hydrogen-bond donors (Lipinski definition) is 2. The third-order valence-electron chi connectivity index (χ3n) is 2.47. The van der Waals surface area contributed by atoms with Crippen molar-refractivity contribution in [2.75, 3.05) is 4.90 Å². The number of hydrogen-bond acceptors (Lipinski definition) is 3. The van der Waals surface area contributed by atoms with Gasteiger partial charge in [0.15, 0.2) is 5.11 Å². The molecule has 1 aliphatic rings. The van der Waals surface area contributed by atoms with Crippen molar-refractivity contribution in [2.45, 2.75) is 12.5 Å². The van der Waals surface area contributed by atoms with E-state index in [4.69, 9.17) is 17.3 Å². The van der Waals surface area contributed by atoms with Crippen molar-refractivity contribution in [1.29, 1.82) is 0 Å². The minimum atomic E-state index is -1.03. The molecule has 1 aliphatic heterocycles. The molecule has 6 heteroatoms. The van der Waals surface area contributed by atoms with Crippen molar-refractivity contribution < 1.29 is 14.7 Å². The van der Waals surface area contributed by atoms with Crippen molar-refractivity contribution in [1.82, 2.24) is 5.32 Å². The number of carbonyl (C=O) groups excluding carboxylic acids is 1. The fourth-order valence-corrected chi connectivity index (χ4v) is 2.08. The first-order valence-corrected chi connectivity index (χ1v) is 5.41. The molecule has 88 valence electrons. The first kappa shape index (κ1) is 11.5. The molecule has 0 spiro atoms. The molecular weight excluding hydrogens is 240 g/mol. The van der Waals surface area contributed by atoms with Gasteiger partial charge in [-0.15, -0.1) is 0 Å². The van der Waals surface area contributed by atoms with Gasteiger partial charge in [0.25, 0.3) is 0 Å². The lowest BCUT2D eigenvalue weighted by molar-refractivity contribution is -0.139. The van der Waals surface area contributed by atoms with E-state index in [-0.39, 0.29) is 17.4 Å². The van der Waals surface area contributed by atoms with Crippen LogP contribution in [0.5, 0.6) is 0 Å². The van der Waals surface area contributed by atoms with Gasteiger partial charge in [0, 0.05) is 5.69 Å². The zero-order chi connectivity index (χ0) is 12.4. The quantitative estimate of drug-likeness (QED) is 0.775. The Labute approximate surface area is 103 Å². The van der Waals surface area contributed by atoms with Crippen molar-refractivity contribution in [3.8, 4) is 0 Å². The second-order valence-corrected chi connectivity index (χ2v) is 4.00. The molecule has 1 heterocycles. The Morgan fingerprint density at radius 3 is 2.65 bits per heavy atom. The van der Waals surface area contributed by atoms with Gasteiger partial charge < -0.3 is 15.3 Å². The van der Waals surface area contributed by atoms with Crippen LogP contribution in [-0.4, -0.2) is 28.1 Å². The summed E-state index contributed by atoms with van der Waals surface area (Å²) >= 11 is 5.03. The van der Waals surface area contributed by atoms with Crippen LogP contribution in [0.25, 0.3) is 0 Å². The average Bonchev–Trinajstić information content (AvgIpc) is 2.54. The minimum absolute atomic E-state index is 0.243. The molecular formula is C11H10N2O3S. The second kappa shape index (κ2) is 4.50. The van der Waals surface area contributed by atoms with Crippen molar-refractivity contribution in [3.63, 3.8) is 0 Å². The Morgan fingerprint density at radius 1 is 1.41 bits per heavy atom. The number of anilines is 1. The summed E-state index contributed by atoms with van der Waals surface area (Å²) in [6.07, 6.45) is -0.277. The van der Waals surface area contributed by atoms with Crippen LogP contribution in [-0.2, 0) is 9.59 Å². The minimum Gasteiger partial charge on any atom is -0.481 e. The number of aliphatic carboxylic acids is 1. The van der Waals surface area contributed by atoms with Crippen LogP contribution in [0.4, 0.5) is 5.69 Å². The summed E-state index contributed by atoms with van der Waals surface area (Å²) in [6, 6.07) is 8.23. The smallest absolute Gasteiger partial charge is 0.306 e. The van der Waals surface area contributed by atoms with Gasteiger partial charge in [0.2, 0.25) is 5.91 Å². The number of rotatable bonds is 3. The van der Waals surface area contributed by atoms with Crippen LogP contribution >= 0.6 is 12.2 Å². The van der Waals surface area contributed by atoms with Gasteiger partial charge in [-0.3, -0.25) is 9.59 Å². The predicted octanol–water partition coefficient (Wildman–Crippen LogP) is 0.751. The highest BCUT2D eigenvalue weighted by Crippen LogP contribution is 2.22.